The number of ether oxygens (including phenoxy) is 2. The summed E-state index contributed by atoms with van der Waals surface area (Å²) in [7, 11) is 0. The Morgan fingerprint density at radius 3 is 2.57 bits per heavy atom. The van der Waals surface area contributed by atoms with Crippen LogP contribution >= 0.6 is 15.9 Å². The van der Waals surface area contributed by atoms with Gasteiger partial charge in [-0.2, -0.15) is 0 Å². The number of hydrogen-bond acceptors (Lipinski definition) is 2. The lowest BCUT2D eigenvalue weighted by Crippen LogP contribution is -2.04. The van der Waals surface area contributed by atoms with E-state index in [0.29, 0.717) is 6.79 Å². The first-order valence-corrected chi connectivity index (χ1v) is 5.60. The van der Waals surface area contributed by atoms with E-state index in [0.717, 1.165) is 22.7 Å². The van der Waals surface area contributed by atoms with Crippen LogP contribution < -0.4 is 4.74 Å². The Hall–Kier alpha value is -0.540. The smallest absolute Gasteiger partial charge is 0.189 e. The normalized spacial score (nSPS) is 15.5. The molecule has 0 heterocycles. The second-order valence-corrected chi connectivity index (χ2v) is 4.45. The van der Waals surface area contributed by atoms with Gasteiger partial charge in [-0.15, -0.1) is 0 Å². The summed E-state index contributed by atoms with van der Waals surface area (Å²) >= 11 is 3.37. The largest absolute Gasteiger partial charge is 0.468 e. The van der Waals surface area contributed by atoms with Crippen LogP contribution in [0.3, 0.4) is 0 Å². The molecule has 0 aromatic heterocycles. The van der Waals surface area contributed by atoms with Crippen molar-refractivity contribution in [3.8, 4) is 5.75 Å². The Labute approximate surface area is 92.3 Å². The van der Waals surface area contributed by atoms with Crippen molar-refractivity contribution in [3.63, 3.8) is 0 Å². The number of hydrogen-bond donors (Lipinski definition) is 0. The summed E-state index contributed by atoms with van der Waals surface area (Å²) in [6.45, 7) is 1.20. The van der Waals surface area contributed by atoms with Crippen LogP contribution in [-0.2, 0) is 4.74 Å². The van der Waals surface area contributed by atoms with Gasteiger partial charge in [0.05, 0.1) is 6.61 Å². The minimum Gasteiger partial charge on any atom is -0.468 e. The molecule has 1 aromatic carbocycles. The van der Waals surface area contributed by atoms with Gasteiger partial charge in [0.15, 0.2) is 6.79 Å². The third-order valence-electron chi connectivity index (χ3n) is 2.17. The predicted octanol–water partition coefficient (Wildman–Crippen LogP) is 3.21. The highest BCUT2D eigenvalue weighted by atomic mass is 79.9. The van der Waals surface area contributed by atoms with Gasteiger partial charge in [0.25, 0.3) is 0 Å². The molecule has 76 valence electrons. The van der Waals surface area contributed by atoms with Crippen LogP contribution in [0.25, 0.3) is 0 Å². The van der Waals surface area contributed by atoms with Crippen molar-refractivity contribution in [2.45, 2.75) is 12.8 Å². The molecule has 2 rings (SSSR count). The molecule has 0 atom stereocenters. The third kappa shape index (κ3) is 3.31. The highest BCUT2D eigenvalue weighted by molar-refractivity contribution is 9.10. The molecule has 14 heavy (non-hydrogen) atoms. The summed E-state index contributed by atoms with van der Waals surface area (Å²) in [5.74, 6) is 1.65. The molecule has 1 aliphatic rings. The Morgan fingerprint density at radius 1 is 1.21 bits per heavy atom. The molecule has 1 aliphatic carbocycles. The van der Waals surface area contributed by atoms with E-state index >= 15 is 0 Å². The summed E-state index contributed by atoms with van der Waals surface area (Å²) in [6, 6.07) is 7.75. The maximum absolute atomic E-state index is 5.40. The fourth-order valence-corrected chi connectivity index (χ4v) is 1.40. The summed E-state index contributed by atoms with van der Waals surface area (Å²) in [4.78, 5) is 0. The van der Waals surface area contributed by atoms with Crippen molar-refractivity contribution in [3.05, 3.63) is 28.7 Å². The van der Waals surface area contributed by atoms with Gasteiger partial charge in [-0.25, -0.2) is 0 Å². The molecule has 0 aliphatic heterocycles. The van der Waals surface area contributed by atoms with Crippen molar-refractivity contribution >= 4 is 15.9 Å². The van der Waals surface area contributed by atoms with Gasteiger partial charge in [0.2, 0.25) is 0 Å². The minimum absolute atomic E-state index is 0.359. The van der Waals surface area contributed by atoms with E-state index in [1.807, 2.05) is 24.3 Å². The maximum Gasteiger partial charge on any atom is 0.189 e. The van der Waals surface area contributed by atoms with Crippen LogP contribution in [0, 0.1) is 5.92 Å². The Kier molecular flexibility index (Phi) is 3.43. The Morgan fingerprint density at radius 2 is 1.93 bits per heavy atom. The van der Waals surface area contributed by atoms with Crippen LogP contribution in [0.1, 0.15) is 12.8 Å². The first-order valence-electron chi connectivity index (χ1n) is 4.81. The SMILES string of the molecule is Brc1ccc(OCOCC2CC2)cc1. The Balaban J connectivity index is 1.66. The van der Waals surface area contributed by atoms with Crippen molar-refractivity contribution in [2.75, 3.05) is 13.4 Å². The number of rotatable bonds is 5. The van der Waals surface area contributed by atoms with Crippen LogP contribution in [0.2, 0.25) is 0 Å². The second-order valence-electron chi connectivity index (χ2n) is 3.53. The zero-order valence-electron chi connectivity index (χ0n) is 7.91. The Bertz CT molecular complexity index is 280. The van der Waals surface area contributed by atoms with Crippen molar-refractivity contribution in [1.82, 2.24) is 0 Å². The number of benzene rings is 1. The van der Waals surface area contributed by atoms with E-state index in [2.05, 4.69) is 15.9 Å². The highest BCUT2D eigenvalue weighted by Gasteiger charge is 2.20. The molecule has 0 unspecified atom stereocenters. The summed E-state index contributed by atoms with van der Waals surface area (Å²) < 4.78 is 11.8. The second kappa shape index (κ2) is 4.80. The lowest BCUT2D eigenvalue weighted by atomic mass is 10.3. The third-order valence-corrected chi connectivity index (χ3v) is 2.70. The van der Waals surface area contributed by atoms with E-state index in [1.165, 1.54) is 12.8 Å². The van der Waals surface area contributed by atoms with Gasteiger partial charge in [0, 0.05) is 4.47 Å². The first-order chi connectivity index (χ1) is 6.84. The van der Waals surface area contributed by atoms with Gasteiger partial charge < -0.3 is 9.47 Å². The standard InChI is InChI=1S/C11H13BrO2/c12-10-3-5-11(6-4-10)14-8-13-7-9-1-2-9/h3-6,9H,1-2,7-8H2. The maximum atomic E-state index is 5.40. The predicted molar refractivity (Wildman–Crippen MR) is 58.3 cm³/mol. The summed E-state index contributed by atoms with van der Waals surface area (Å²) in [6.07, 6.45) is 2.64. The van der Waals surface area contributed by atoms with E-state index in [4.69, 9.17) is 9.47 Å². The lowest BCUT2D eigenvalue weighted by molar-refractivity contribution is 0.00998. The van der Waals surface area contributed by atoms with Gasteiger partial charge in [0.1, 0.15) is 5.75 Å². The van der Waals surface area contributed by atoms with Gasteiger partial charge in [-0.05, 0) is 43.0 Å². The fourth-order valence-electron chi connectivity index (χ4n) is 1.14. The molecule has 3 heteroatoms. The van der Waals surface area contributed by atoms with Gasteiger partial charge >= 0.3 is 0 Å². The van der Waals surface area contributed by atoms with E-state index in [-0.39, 0.29) is 0 Å². The topological polar surface area (TPSA) is 18.5 Å². The van der Waals surface area contributed by atoms with Crippen LogP contribution in [0.5, 0.6) is 5.75 Å². The average Bonchev–Trinajstić information content (AvgIpc) is 2.99. The minimum atomic E-state index is 0.359. The molecule has 0 saturated heterocycles. The molecular formula is C11H13BrO2. The molecule has 0 spiro atoms. The van der Waals surface area contributed by atoms with Crippen molar-refractivity contribution in [1.29, 1.82) is 0 Å². The molecule has 1 aromatic rings. The van der Waals surface area contributed by atoms with Crippen LogP contribution in [0.15, 0.2) is 28.7 Å². The molecule has 0 bridgehead atoms. The van der Waals surface area contributed by atoms with E-state index in [9.17, 15) is 0 Å². The van der Waals surface area contributed by atoms with Crippen LogP contribution in [0.4, 0.5) is 0 Å². The van der Waals surface area contributed by atoms with Crippen molar-refractivity contribution in [2.24, 2.45) is 5.92 Å². The zero-order chi connectivity index (χ0) is 9.80. The van der Waals surface area contributed by atoms with Gasteiger partial charge in [-0.1, -0.05) is 15.9 Å². The molecule has 0 radical (unpaired) electrons. The van der Waals surface area contributed by atoms with Crippen molar-refractivity contribution < 1.29 is 9.47 Å². The lowest BCUT2D eigenvalue weighted by Gasteiger charge is -2.06. The average molecular weight is 257 g/mol. The van der Waals surface area contributed by atoms with E-state index < -0.39 is 0 Å². The van der Waals surface area contributed by atoms with E-state index in [1.54, 1.807) is 0 Å². The summed E-state index contributed by atoms with van der Waals surface area (Å²) in [5.41, 5.74) is 0. The summed E-state index contributed by atoms with van der Waals surface area (Å²) in [5, 5.41) is 0. The molecular weight excluding hydrogens is 244 g/mol. The zero-order valence-corrected chi connectivity index (χ0v) is 9.50. The molecule has 1 fully saturated rings. The highest BCUT2D eigenvalue weighted by Crippen LogP contribution is 2.28. The molecule has 2 nitrogen and oxygen atoms in total. The van der Waals surface area contributed by atoms with Crippen LogP contribution in [-0.4, -0.2) is 13.4 Å². The molecule has 0 N–H and O–H groups in total. The number of halogens is 1. The molecule has 0 amide bonds. The first kappa shape index (κ1) is 9.99. The quantitative estimate of drug-likeness (QED) is 0.595. The fraction of sp³-hybridized carbons (Fsp3) is 0.455. The van der Waals surface area contributed by atoms with Gasteiger partial charge in [-0.3, -0.25) is 0 Å². The monoisotopic (exact) mass is 256 g/mol. The molecule has 1 saturated carbocycles.